The zero-order valence-electron chi connectivity index (χ0n) is 12.0. The summed E-state index contributed by atoms with van der Waals surface area (Å²) in [6.45, 7) is 3.83. The fraction of sp³-hybridized carbons (Fsp3) is 0.500. The third kappa shape index (κ3) is 5.71. The second-order valence-electron chi connectivity index (χ2n) is 5.08. The van der Waals surface area contributed by atoms with Crippen molar-refractivity contribution in [2.24, 2.45) is 5.73 Å². The van der Waals surface area contributed by atoms with Crippen LogP contribution in [0.3, 0.4) is 0 Å². The van der Waals surface area contributed by atoms with Gasteiger partial charge in [-0.2, -0.15) is 0 Å². The molecule has 1 unspecified atom stereocenters. The summed E-state index contributed by atoms with van der Waals surface area (Å²) >= 11 is 0. The lowest BCUT2D eigenvalue weighted by Crippen LogP contribution is -2.32. The van der Waals surface area contributed by atoms with Crippen molar-refractivity contribution in [3.8, 4) is 5.75 Å². The Morgan fingerprint density at radius 2 is 1.80 bits per heavy atom. The average molecular weight is 299 g/mol. The van der Waals surface area contributed by atoms with Gasteiger partial charge in [0.2, 0.25) is 0 Å². The van der Waals surface area contributed by atoms with Crippen LogP contribution < -0.4 is 10.5 Å². The molecule has 0 fully saturated rings. The number of benzene rings is 1. The third-order valence-electron chi connectivity index (χ3n) is 2.65. The highest BCUT2D eigenvalue weighted by molar-refractivity contribution is 7.90. The first-order chi connectivity index (χ1) is 9.19. The lowest BCUT2D eigenvalue weighted by molar-refractivity contribution is 0.0960. The summed E-state index contributed by atoms with van der Waals surface area (Å²) in [7, 11) is -3.11. The van der Waals surface area contributed by atoms with Crippen molar-refractivity contribution in [2.45, 2.75) is 32.4 Å². The first-order valence-corrected chi connectivity index (χ1v) is 8.49. The molecule has 112 valence electrons. The summed E-state index contributed by atoms with van der Waals surface area (Å²) in [5, 5.41) is 0. The van der Waals surface area contributed by atoms with E-state index >= 15 is 0 Å². The SMILES string of the molecule is CC(C)Oc1ccc(C(=O)C(N)CCS(C)(=O)=O)cc1. The molecule has 0 amide bonds. The Labute approximate surface area is 120 Å². The van der Waals surface area contributed by atoms with Gasteiger partial charge in [0.05, 0.1) is 17.9 Å². The maximum absolute atomic E-state index is 12.0. The predicted molar refractivity (Wildman–Crippen MR) is 78.8 cm³/mol. The lowest BCUT2D eigenvalue weighted by atomic mass is 10.0. The van der Waals surface area contributed by atoms with Gasteiger partial charge in [0, 0.05) is 11.8 Å². The highest BCUT2D eigenvalue weighted by Crippen LogP contribution is 2.15. The van der Waals surface area contributed by atoms with E-state index in [1.165, 1.54) is 0 Å². The van der Waals surface area contributed by atoms with Crippen LogP contribution in [0.15, 0.2) is 24.3 Å². The molecule has 0 bridgehead atoms. The summed E-state index contributed by atoms with van der Waals surface area (Å²) in [4.78, 5) is 12.0. The van der Waals surface area contributed by atoms with Crippen LogP contribution in [0, 0.1) is 0 Å². The molecule has 0 aromatic heterocycles. The van der Waals surface area contributed by atoms with Crippen molar-refractivity contribution in [2.75, 3.05) is 12.0 Å². The van der Waals surface area contributed by atoms with Gasteiger partial charge < -0.3 is 10.5 Å². The third-order valence-corrected chi connectivity index (χ3v) is 3.62. The smallest absolute Gasteiger partial charge is 0.179 e. The number of Topliss-reactive ketones (excluding diaryl/α,β-unsaturated/α-hetero) is 1. The van der Waals surface area contributed by atoms with Gasteiger partial charge in [-0.05, 0) is 44.5 Å². The molecule has 0 aliphatic heterocycles. The van der Waals surface area contributed by atoms with Crippen LogP contribution in [-0.2, 0) is 9.84 Å². The van der Waals surface area contributed by atoms with Crippen molar-refractivity contribution >= 4 is 15.6 Å². The number of ether oxygens (including phenoxy) is 1. The van der Waals surface area contributed by atoms with Gasteiger partial charge in [0.25, 0.3) is 0 Å². The summed E-state index contributed by atoms with van der Waals surface area (Å²) in [6, 6.07) is 5.88. The lowest BCUT2D eigenvalue weighted by Gasteiger charge is -2.12. The Morgan fingerprint density at radius 1 is 1.25 bits per heavy atom. The molecule has 5 nitrogen and oxygen atoms in total. The normalized spacial score (nSPS) is 13.2. The predicted octanol–water partition coefficient (Wildman–Crippen LogP) is 1.42. The Balaban J connectivity index is 2.67. The van der Waals surface area contributed by atoms with E-state index in [9.17, 15) is 13.2 Å². The van der Waals surface area contributed by atoms with Gasteiger partial charge in [-0.25, -0.2) is 8.42 Å². The molecule has 0 saturated heterocycles. The van der Waals surface area contributed by atoms with Crippen LogP contribution in [0.2, 0.25) is 0 Å². The highest BCUT2D eigenvalue weighted by Gasteiger charge is 2.17. The van der Waals surface area contributed by atoms with Gasteiger partial charge in [0.1, 0.15) is 15.6 Å². The van der Waals surface area contributed by atoms with E-state index < -0.39 is 15.9 Å². The van der Waals surface area contributed by atoms with E-state index in [0.29, 0.717) is 11.3 Å². The minimum Gasteiger partial charge on any atom is -0.491 e. The van der Waals surface area contributed by atoms with Gasteiger partial charge in [-0.1, -0.05) is 0 Å². The van der Waals surface area contributed by atoms with E-state index in [4.69, 9.17) is 10.5 Å². The average Bonchev–Trinajstić information content (AvgIpc) is 2.34. The highest BCUT2D eigenvalue weighted by atomic mass is 32.2. The molecule has 0 heterocycles. The maximum atomic E-state index is 12.0. The molecule has 1 aromatic rings. The number of hydrogen-bond acceptors (Lipinski definition) is 5. The van der Waals surface area contributed by atoms with Gasteiger partial charge in [-0.15, -0.1) is 0 Å². The van der Waals surface area contributed by atoms with Gasteiger partial charge in [0.15, 0.2) is 5.78 Å². The molecule has 0 aliphatic rings. The van der Waals surface area contributed by atoms with Crippen LogP contribution >= 0.6 is 0 Å². The second kappa shape index (κ2) is 6.85. The number of carbonyl (C=O) groups is 1. The fourth-order valence-electron chi connectivity index (χ4n) is 1.66. The standard InChI is InChI=1S/C14H21NO4S/c1-10(2)19-12-6-4-11(5-7-12)14(16)13(15)8-9-20(3,17)18/h4-7,10,13H,8-9,15H2,1-3H3. The first kappa shape index (κ1) is 16.7. The molecule has 2 N–H and O–H groups in total. The largest absolute Gasteiger partial charge is 0.491 e. The number of nitrogens with two attached hydrogens (primary N) is 1. The number of hydrogen-bond donors (Lipinski definition) is 1. The topological polar surface area (TPSA) is 86.5 Å². The van der Waals surface area contributed by atoms with Crippen molar-refractivity contribution in [1.82, 2.24) is 0 Å². The van der Waals surface area contributed by atoms with Crippen LogP contribution in [0.5, 0.6) is 5.75 Å². The number of ketones is 1. The molecule has 0 saturated carbocycles. The van der Waals surface area contributed by atoms with E-state index in [0.717, 1.165) is 6.26 Å². The Morgan fingerprint density at radius 3 is 2.25 bits per heavy atom. The fourth-order valence-corrected chi connectivity index (χ4v) is 2.34. The molecule has 1 rings (SSSR count). The number of carbonyl (C=O) groups excluding carboxylic acids is 1. The van der Waals surface area contributed by atoms with Gasteiger partial charge in [-0.3, -0.25) is 4.79 Å². The van der Waals surface area contributed by atoms with E-state index in [2.05, 4.69) is 0 Å². The van der Waals surface area contributed by atoms with Crippen molar-refractivity contribution in [1.29, 1.82) is 0 Å². The van der Waals surface area contributed by atoms with E-state index in [-0.39, 0.29) is 24.1 Å². The van der Waals surface area contributed by atoms with Crippen LogP contribution in [-0.4, -0.2) is 38.4 Å². The van der Waals surface area contributed by atoms with Crippen LogP contribution in [0.4, 0.5) is 0 Å². The zero-order chi connectivity index (χ0) is 15.3. The molecular formula is C14H21NO4S. The molecule has 1 atom stereocenters. The monoisotopic (exact) mass is 299 g/mol. The van der Waals surface area contributed by atoms with Crippen molar-refractivity contribution in [3.63, 3.8) is 0 Å². The number of rotatable bonds is 7. The second-order valence-corrected chi connectivity index (χ2v) is 7.34. The zero-order valence-corrected chi connectivity index (χ0v) is 12.8. The Kier molecular flexibility index (Phi) is 5.71. The van der Waals surface area contributed by atoms with Crippen molar-refractivity contribution in [3.05, 3.63) is 29.8 Å². The molecule has 0 aliphatic carbocycles. The summed E-state index contributed by atoms with van der Waals surface area (Å²) < 4.78 is 27.6. The Hall–Kier alpha value is -1.40. The first-order valence-electron chi connectivity index (χ1n) is 6.43. The summed E-state index contributed by atoms with van der Waals surface area (Å²) in [6.07, 6.45) is 1.32. The number of sulfone groups is 1. The van der Waals surface area contributed by atoms with E-state index in [1.807, 2.05) is 13.8 Å². The minimum absolute atomic E-state index is 0.0635. The molecule has 0 spiro atoms. The quantitative estimate of drug-likeness (QED) is 0.769. The minimum atomic E-state index is -3.11. The van der Waals surface area contributed by atoms with Crippen molar-refractivity contribution < 1.29 is 17.9 Å². The molecule has 0 radical (unpaired) electrons. The molecule has 6 heteroatoms. The van der Waals surface area contributed by atoms with E-state index in [1.54, 1.807) is 24.3 Å². The maximum Gasteiger partial charge on any atom is 0.179 e. The van der Waals surface area contributed by atoms with Crippen LogP contribution in [0.1, 0.15) is 30.6 Å². The summed E-state index contributed by atoms with van der Waals surface area (Å²) in [5.41, 5.74) is 6.19. The van der Waals surface area contributed by atoms with Gasteiger partial charge >= 0.3 is 0 Å². The molecule has 1 aromatic carbocycles. The summed E-state index contributed by atoms with van der Waals surface area (Å²) in [5.74, 6) is 0.333. The molecular weight excluding hydrogens is 278 g/mol. The molecule has 20 heavy (non-hydrogen) atoms. The van der Waals surface area contributed by atoms with Crippen LogP contribution in [0.25, 0.3) is 0 Å². The Bertz CT molecular complexity index is 549.